The van der Waals surface area contributed by atoms with Gasteiger partial charge in [-0.1, -0.05) is 47.8 Å². The van der Waals surface area contributed by atoms with Crippen LogP contribution in [0.4, 0.5) is 5.69 Å². The zero-order valence-electron chi connectivity index (χ0n) is 18.0. The number of esters is 1. The lowest BCUT2D eigenvalue weighted by atomic mass is 10.0. The molecule has 8 heteroatoms. The van der Waals surface area contributed by atoms with Crippen LogP contribution >= 0.6 is 23.2 Å². The van der Waals surface area contributed by atoms with Crippen molar-refractivity contribution in [2.75, 3.05) is 25.6 Å². The molecular formula is C23H28Cl2N2O4. The SMILES string of the molecule is CNCCCCCc1c(Cl)cc(C(=O)N(c2ccccc2)[C@@H](C)C(=O)OC)c(O)c1Cl. The van der Waals surface area contributed by atoms with E-state index in [-0.39, 0.29) is 16.3 Å². The molecule has 2 aromatic carbocycles. The predicted molar refractivity (Wildman–Crippen MR) is 124 cm³/mol. The number of unbranched alkanes of at least 4 members (excludes halogenated alkanes) is 2. The highest BCUT2D eigenvalue weighted by Gasteiger charge is 2.31. The van der Waals surface area contributed by atoms with Gasteiger partial charge in [-0.2, -0.15) is 0 Å². The van der Waals surface area contributed by atoms with Crippen molar-refractivity contribution in [2.45, 2.75) is 38.6 Å². The highest BCUT2D eigenvalue weighted by molar-refractivity contribution is 6.38. The van der Waals surface area contributed by atoms with Gasteiger partial charge >= 0.3 is 5.97 Å². The summed E-state index contributed by atoms with van der Waals surface area (Å²) in [5.74, 6) is -1.54. The van der Waals surface area contributed by atoms with E-state index in [9.17, 15) is 14.7 Å². The Balaban J connectivity index is 2.38. The van der Waals surface area contributed by atoms with Gasteiger partial charge in [0.05, 0.1) is 17.7 Å². The molecule has 0 saturated carbocycles. The monoisotopic (exact) mass is 466 g/mol. The van der Waals surface area contributed by atoms with E-state index >= 15 is 0 Å². The summed E-state index contributed by atoms with van der Waals surface area (Å²) in [7, 11) is 3.16. The number of hydrogen-bond acceptors (Lipinski definition) is 5. The fourth-order valence-electron chi connectivity index (χ4n) is 3.33. The fraction of sp³-hybridized carbons (Fsp3) is 0.391. The number of ether oxygens (including phenoxy) is 1. The summed E-state index contributed by atoms with van der Waals surface area (Å²) in [6.45, 7) is 2.48. The normalized spacial score (nSPS) is 11.8. The Morgan fingerprint density at radius 3 is 2.45 bits per heavy atom. The highest BCUT2D eigenvalue weighted by Crippen LogP contribution is 2.38. The van der Waals surface area contributed by atoms with Crippen molar-refractivity contribution < 1.29 is 19.4 Å². The maximum atomic E-state index is 13.4. The summed E-state index contributed by atoms with van der Waals surface area (Å²) in [5, 5.41) is 14.2. The second-order valence-electron chi connectivity index (χ2n) is 7.17. The molecule has 0 unspecified atom stereocenters. The van der Waals surface area contributed by atoms with Crippen LogP contribution in [0.2, 0.25) is 10.0 Å². The average molecular weight is 467 g/mol. The number of nitrogens with zero attached hydrogens (tertiary/aromatic N) is 1. The Morgan fingerprint density at radius 1 is 1.16 bits per heavy atom. The molecule has 1 atom stereocenters. The van der Waals surface area contributed by atoms with Gasteiger partial charge in [-0.05, 0) is 63.5 Å². The molecule has 0 fully saturated rings. The van der Waals surface area contributed by atoms with E-state index in [0.29, 0.717) is 22.7 Å². The summed E-state index contributed by atoms with van der Waals surface area (Å²) < 4.78 is 4.82. The smallest absolute Gasteiger partial charge is 0.328 e. The quantitative estimate of drug-likeness (QED) is 0.386. The van der Waals surface area contributed by atoms with Crippen LogP contribution in [0, 0.1) is 0 Å². The number of phenolic OH excluding ortho intramolecular Hbond substituents is 1. The predicted octanol–water partition coefficient (Wildman–Crippen LogP) is 4.84. The number of phenols is 1. The van der Waals surface area contributed by atoms with Crippen molar-refractivity contribution in [3.63, 3.8) is 0 Å². The number of rotatable bonds is 10. The van der Waals surface area contributed by atoms with Gasteiger partial charge in [-0.15, -0.1) is 0 Å². The first-order valence-electron chi connectivity index (χ1n) is 10.1. The lowest BCUT2D eigenvalue weighted by molar-refractivity contribution is -0.141. The largest absolute Gasteiger partial charge is 0.506 e. The molecule has 0 aliphatic rings. The number of halogens is 2. The average Bonchev–Trinajstić information content (AvgIpc) is 2.78. The molecule has 1 amide bonds. The first-order chi connectivity index (χ1) is 14.8. The number of carbonyl (C=O) groups is 2. The first kappa shape index (κ1) is 25.0. The van der Waals surface area contributed by atoms with Gasteiger partial charge < -0.3 is 15.2 Å². The first-order valence-corrected chi connectivity index (χ1v) is 10.9. The zero-order chi connectivity index (χ0) is 23.0. The number of benzene rings is 2. The highest BCUT2D eigenvalue weighted by atomic mass is 35.5. The maximum absolute atomic E-state index is 13.4. The molecular weight excluding hydrogens is 439 g/mol. The molecule has 168 valence electrons. The van der Waals surface area contributed by atoms with Gasteiger partial charge in [-0.25, -0.2) is 4.79 Å². The van der Waals surface area contributed by atoms with Crippen LogP contribution in [0.15, 0.2) is 36.4 Å². The van der Waals surface area contributed by atoms with E-state index in [1.807, 2.05) is 7.05 Å². The second-order valence-corrected chi connectivity index (χ2v) is 7.96. The topological polar surface area (TPSA) is 78.9 Å². The Hall–Kier alpha value is -2.28. The third-order valence-electron chi connectivity index (χ3n) is 5.05. The molecule has 2 N–H and O–H groups in total. The van der Waals surface area contributed by atoms with Crippen LogP contribution in [-0.4, -0.2) is 43.7 Å². The minimum atomic E-state index is -0.927. The molecule has 0 aromatic heterocycles. The lowest BCUT2D eigenvalue weighted by Gasteiger charge is -2.28. The molecule has 0 aliphatic carbocycles. The summed E-state index contributed by atoms with van der Waals surface area (Å²) >= 11 is 12.8. The Kier molecular flexibility index (Phi) is 9.62. The van der Waals surface area contributed by atoms with Crippen LogP contribution in [0.5, 0.6) is 5.75 Å². The summed E-state index contributed by atoms with van der Waals surface area (Å²) in [6, 6.07) is 9.16. The van der Waals surface area contributed by atoms with Gasteiger partial charge in [-0.3, -0.25) is 9.69 Å². The van der Waals surface area contributed by atoms with E-state index in [1.165, 1.54) is 18.1 Å². The van der Waals surface area contributed by atoms with E-state index in [1.54, 1.807) is 37.3 Å². The number of methoxy groups -OCH3 is 1. The number of hydrogen-bond donors (Lipinski definition) is 2. The van der Waals surface area contributed by atoms with Gasteiger partial charge in [0.15, 0.2) is 0 Å². The summed E-state index contributed by atoms with van der Waals surface area (Å²) in [5.41, 5.74) is 1.01. The lowest BCUT2D eigenvalue weighted by Crippen LogP contribution is -2.44. The third-order valence-corrected chi connectivity index (χ3v) is 5.80. The van der Waals surface area contributed by atoms with Gasteiger partial charge in [0, 0.05) is 10.7 Å². The maximum Gasteiger partial charge on any atom is 0.328 e. The molecule has 2 aromatic rings. The number of aromatic hydroxyl groups is 1. The Morgan fingerprint density at radius 2 is 1.84 bits per heavy atom. The number of amides is 1. The Labute approximate surface area is 193 Å². The molecule has 0 radical (unpaired) electrons. The number of carbonyl (C=O) groups excluding carboxylic acids is 2. The minimum absolute atomic E-state index is 0.0585. The van der Waals surface area contributed by atoms with Gasteiger partial charge in [0.2, 0.25) is 0 Å². The Bertz CT molecular complexity index is 906. The molecule has 0 heterocycles. The van der Waals surface area contributed by atoms with Crippen molar-refractivity contribution in [1.29, 1.82) is 0 Å². The van der Waals surface area contributed by atoms with E-state index in [0.717, 1.165) is 25.8 Å². The zero-order valence-corrected chi connectivity index (χ0v) is 19.5. The van der Waals surface area contributed by atoms with Crippen molar-refractivity contribution in [1.82, 2.24) is 5.32 Å². The van der Waals surface area contributed by atoms with Crippen LogP contribution in [0.25, 0.3) is 0 Å². The van der Waals surface area contributed by atoms with Crippen LogP contribution in [-0.2, 0) is 16.0 Å². The van der Waals surface area contributed by atoms with Crippen molar-refractivity contribution in [2.24, 2.45) is 0 Å². The third kappa shape index (κ3) is 6.12. The van der Waals surface area contributed by atoms with Crippen LogP contribution in [0.3, 0.4) is 0 Å². The van der Waals surface area contributed by atoms with Crippen molar-refractivity contribution in [3.8, 4) is 5.75 Å². The van der Waals surface area contributed by atoms with Crippen LogP contribution < -0.4 is 10.2 Å². The fourth-order valence-corrected chi connectivity index (χ4v) is 3.98. The number of anilines is 1. The molecule has 6 nitrogen and oxygen atoms in total. The van der Waals surface area contributed by atoms with Crippen LogP contribution in [0.1, 0.15) is 42.1 Å². The van der Waals surface area contributed by atoms with Crippen molar-refractivity contribution in [3.05, 3.63) is 57.6 Å². The minimum Gasteiger partial charge on any atom is -0.506 e. The van der Waals surface area contributed by atoms with E-state index in [4.69, 9.17) is 27.9 Å². The van der Waals surface area contributed by atoms with Gasteiger partial charge in [0.1, 0.15) is 11.8 Å². The number of nitrogens with one attached hydrogen (secondary N) is 1. The second kappa shape index (κ2) is 11.9. The van der Waals surface area contributed by atoms with Gasteiger partial charge in [0.25, 0.3) is 5.91 Å². The standard InChI is InChI=1S/C23H28Cl2N2O4/c1-15(23(30)31-3)27(16-10-6-4-7-11-16)22(29)18-14-19(24)17(20(25)21(18)28)12-8-5-9-13-26-2/h4,6-7,10-11,14-15,26,28H,5,8-9,12-13H2,1-3H3/t15-/m0/s1. The summed E-state index contributed by atoms with van der Waals surface area (Å²) in [4.78, 5) is 26.9. The molecule has 0 spiro atoms. The van der Waals surface area contributed by atoms with Crippen molar-refractivity contribution >= 4 is 40.8 Å². The molecule has 0 bridgehead atoms. The molecule has 0 aliphatic heterocycles. The van der Waals surface area contributed by atoms with E-state index in [2.05, 4.69) is 5.32 Å². The number of para-hydroxylation sites is 1. The molecule has 2 rings (SSSR count). The molecule has 0 saturated heterocycles. The summed E-state index contributed by atoms with van der Waals surface area (Å²) in [6.07, 6.45) is 3.44. The molecule has 31 heavy (non-hydrogen) atoms. The van der Waals surface area contributed by atoms with E-state index < -0.39 is 17.9 Å².